The van der Waals surface area contributed by atoms with E-state index in [9.17, 15) is 4.79 Å². The van der Waals surface area contributed by atoms with Crippen molar-refractivity contribution in [2.45, 2.75) is 57.4 Å². The zero-order chi connectivity index (χ0) is 19.6. The molecule has 3 heterocycles. The van der Waals surface area contributed by atoms with Gasteiger partial charge in [-0.3, -0.25) is 9.69 Å². The average molecular weight is 413 g/mol. The van der Waals surface area contributed by atoms with Crippen LogP contribution in [0.1, 0.15) is 61.7 Å². The van der Waals surface area contributed by atoms with Crippen molar-refractivity contribution in [2.24, 2.45) is 0 Å². The van der Waals surface area contributed by atoms with Crippen molar-refractivity contribution in [2.75, 3.05) is 44.2 Å². The van der Waals surface area contributed by atoms with Gasteiger partial charge in [-0.15, -0.1) is 0 Å². The molecular formula is C23H32N4OS. The third-order valence-electron chi connectivity index (χ3n) is 6.94. The number of hydrogen-bond donors (Lipinski definition) is 0. The second kappa shape index (κ2) is 8.60. The highest BCUT2D eigenvalue weighted by Gasteiger charge is 2.27. The van der Waals surface area contributed by atoms with E-state index in [0.29, 0.717) is 0 Å². The lowest BCUT2D eigenvalue weighted by atomic mass is 9.94. The number of fused-ring (bicyclic) bond motifs is 1. The van der Waals surface area contributed by atoms with E-state index in [2.05, 4.69) is 15.9 Å². The Morgan fingerprint density at radius 1 is 0.897 bits per heavy atom. The van der Waals surface area contributed by atoms with Crippen LogP contribution in [-0.2, 0) is 0 Å². The molecule has 0 atom stereocenters. The maximum Gasteiger partial charge on any atom is 0.253 e. The third-order valence-corrected chi connectivity index (χ3v) is 8.02. The number of benzene rings is 1. The molecule has 1 aliphatic carbocycles. The summed E-state index contributed by atoms with van der Waals surface area (Å²) in [5.41, 5.74) is 1.84. The number of piperidine rings is 1. The summed E-state index contributed by atoms with van der Waals surface area (Å²) in [6.07, 6.45) is 10.7. The fraction of sp³-hybridized carbons (Fsp3) is 0.652. The van der Waals surface area contributed by atoms with E-state index in [1.54, 1.807) is 11.3 Å². The van der Waals surface area contributed by atoms with Gasteiger partial charge < -0.3 is 9.80 Å². The maximum atomic E-state index is 13.1. The molecule has 5 nitrogen and oxygen atoms in total. The largest absolute Gasteiger partial charge is 0.348 e. The lowest BCUT2D eigenvalue weighted by molar-refractivity contribution is 0.0523. The number of aromatic nitrogens is 1. The average Bonchev–Trinajstić information content (AvgIpc) is 3.23. The van der Waals surface area contributed by atoms with Crippen molar-refractivity contribution in [3.05, 3.63) is 23.8 Å². The molecule has 29 heavy (non-hydrogen) atoms. The molecule has 1 aromatic carbocycles. The first-order valence-corrected chi connectivity index (χ1v) is 12.3. The van der Waals surface area contributed by atoms with Gasteiger partial charge in [0.1, 0.15) is 0 Å². The van der Waals surface area contributed by atoms with Crippen LogP contribution in [0, 0.1) is 0 Å². The first-order valence-electron chi connectivity index (χ1n) is 11.5. The van der Waals surface area contributed by atoms with E-state index in [1.807, 2.05) is 17.0 Å². The molecule has 0 radical (unpaired) electrons. The van der Waals surface area contributed by atoms with E-state index in [4.69, 9.17) is 4.98 Å². The molecule has 2 aliphatic heterocycles. The molecule has 1 saturated carbocycles. The van der Waals surface area contributed by atoms with Gasteiger partial charge in [0.05, 0.1) is 10.2 Å². The number of thiazole rings is 1. The highest BCUT2D eigenvalue weighted by Crippen LogP contribution is 2.31. The Labute approximate surface area is 177 Å². The Hall–Kier alpha value is -1.66. The maximum absolute atomic E-state index is 13.1. The number of nitrogens with zero attached hydrogens (tertiary/aromatic N) is 4. The standard InChI is InChI=1S/C23H32N4OS/c28-22(26-15-13-25(14-16-26)19-7-3-1-4-8-19)18-9-10-20-21(17-18)29-23(24-20)27-11-5-2-6-12-27/h9-10,17,19H,1-8,11-16H2. The van der Waals surface area contributed by atoms with Crippen LogP contribution in [-0.4, -0.2) is 66.0 Å². The molecule has 0 unspecified atom stereocenters. The van der Waals surface area contributed by atoms with E-state index in [-0.39, 0.29) is 5.91 Å². The Morgan fingerprint density at radius 3 is 2.38 bits per heavy atom. The predicted molar refractivity (Wildman–Crippen MR) is 120 cm³/mol. The Bertz CT molecular complexity index is 846. The molecular weight excluding hydrogens is 380 g/mol. The van der Waals surface area contributed by atoms with E-state index >= 15 is 0 Å². The molecule has 1 amide bonds. The molecule has 0 bridgehead atoms. The van der Waals surface area contributed by atoms with Crippen LogP contribution in [0.25, 0.3) is 10.2 Å². The quantitative estimate of drug-likeness (QED) is 0.750. The Kier molecular flexibility index (Phi) is 5.73. The summed E-state index contributed by atoms with van der Waals surface area (Å²) < 4.78 is 1.14. The topological polar surface area (TPSA) is 39.7 Å². The molecule has 6 heteroatoms. The molecule has 2 saturated heterocycles. The summed E-state index contributed by atoms with van der Waals surface area (Å²) in [6, 6.07) is 6.82. The van der Waals surface area contributed by atoms with Crippen LogP contribution in [0.5, 0.6) is 0 Å². The summed E-state index contributed by atoms with van der Waals surface area (Å²) in [5.74, 6) is 0.183. The van der Waals surface area contributed by atoms with Gasteiger partial charge in [-0.2, -0.15) is 0 Å². The van der Waals surface area contributed by atoms with Crippen LogP contribution < -0.4 is 4.90 Å². The van der Waals surface area contributed by atoms with E-state index < -0.39 is 0 Å². The number of amides is 1. The van der Waals surface area contributed by atoms with Crippen LogP contribution >= 0.6 is 11.3 Å². The molecule has 0 N–H and O–H groups in total. The van der Waals surface area contributed by atoms with Crippen molar-refractivity contribution < 1.29 is 4.79 Å². The van der Waals surface area contributed by atoms with Crippen LogP contribution in [0.4, 0.5) is 5.13 Å². The summed E-state index contributed by atoms with van der Waals surface area (Å²) in [7, 11) is 0. The van der Waals surface area contributed by atoms with Gasteiger partial charge in [0.2, 0.25) is 0 Å². The summed E-state index contributed by atoms with van der Waals surface area (Å²) >= 11 is 1.74. The van der Waals surface area contributed by atoms with Crippen LogP contribution in [0.2, 0.25) is 0 Å². The van der Waals surface area contributed by atoms with Gasteiger partial charge in [0.15, 0.2) is 5.13 Å². The summed E-state index contributed by atoms with van der Waals surface area (Å²) in [6.45, 7) is 5.98. The van der Waals surface area contributed by atoms with Crippen molar-refractivity contribution >= 4 is 32.6 Å². The highest BCUT2D eigenvalue weighted by atomic mass is 32.1. The second-order valence-electron chi connectivity index (χ2n) is 8.85. The SMILES string of the molecule is O=C(c1ccc2nc(N3CCCCC3)sc2c1)N1CCN(C2CCCCC2)CC1. The predicted octanol–water partition coefficient (Wildman–Crippen LogP) is 4.38. The van der Waals surface area contributed by atoms with Crippen molar-refractivity contribution in [3.8, 4) is 0 Å². The minimum absolute atomic E-state index is 0.183. The van der Waals surface area contributed by atoms with Gasteiger partial charge in [-0.25, -0.2) is 4.98 Å². The minimum Gasteiger partial charge on any atom is -0.348 e. The Balaban J connectivity index is 1.25. The van der Waals surface area contributed by atoms with Crippen LogP contribution in [0.3, 0.4) is 0 Å². The number of anilines is 1. The number of hydrogen-bond acceptors (Lipinski definition) is 5. The first kappa shape index (κ1) is 19.3. The zero-order valence-corrected chi connectivity index (χ0v) is 18.1. The van der Waals surface area contributed by atoms with Gasteiger partial charge in [0.25, 0.3) is 5.91 Å². The van der Waals surface area contributed by atoms with Gasteiger partial charge in [0, 0.05) is 50.9 Å². The third kappa shape index (κ3) is 4.15. The molecule has 1 aromatic heterocycles. The van der Waals surface area contributed by atoms with Crippen molar-refractivity contribution in [1.29, 1.82) is 0 Å². The molecule has 0 spiro atoms. The van der Waals surface area contributed by atoms with Crippen molar-refractivity contribution in [1.82, 2.24) is 14.8 Å². The number of carbonyl (C=O) groups is 1. The lowest BCUT2D eigenvalue weighted by Crippen LogP contribution is -2.52. The van der Waals surface area contributed by atoms with Crippen molar-refractivity contribution in [3.63, 3.8) is 0 Å². The molecule has 5 rings (SSSR count). The smallest absolute Gasteiger partial charge is 0.253 e. The summed E-state index contributed by atoms with van der Waals surface area (Å²) in [4.78, 5) is 25.0. The van der Waals surface area contributed by atoms with Gasteiger partial charge in [-0.05, 0) is 50.3 Å². The summed E-state index contributed by atoms with van der Waals surface area (Å²) in [5, 5.41) is 1.12. The lowest BCUT2D eigenvalue weighted by Gasteiger charge is -2.40. The van der Waals surface area contributed by atoms with E-state index in [0.717, 1.165) is 66.2 Å². The first-order chi connectivity index (χ1) is 14.3. The fourth-order valence-corrected chi connectivity index (χ4v) is 6.24. The van der Waals surface area contributed by atoms with Gasteiger partial charge in [-0.1, -0.05) is 30.6 Å². The number of carbonyl (C=O) groups excluding carboxylic acids is 1. The number of rotatable bonds is 3. The highest BCUT2D eigenvalue weighted by molar-refractivity contribution is 7.22. The zero-order valence-electron chi connectivity index (χ0n) is 17.3. The minimum atomic E-state index is 0.183. The fourth-order valence-electron chi connectivity index (χ4n) is 5.18. The molecule has 2 aromatic rings. The molecule has 3 fully saturated rings. The normalized spacial score (nSPS) is 22.3. The molecule has 156 valence electrons. The number of piperazine rings is 1. The monoisotopic (exact) mass is 412 g/mol. The van der Waals surface area contributed by atoms with E-state index in [1.165, 1.54) is 51.4 Å². The second-order valence-corrected chi connectivity index (χ2v) is 9.86. The van der Waals surface area contributed by atoms with Crippen LogP contribution in [0.15, 0.2) is 18.2 Å². The Morgan fingerprint density at radius 2 is 1.62 bits per heavy atom. The molecule has 3 aliphatic rings. The van der Waals surface area contributed by atoms with Gasteiger partial charge >= 0.3 is 0 Å².